The van der Waals surface area contributed by atoms with Gasteiger partial charge in [0.25, 0.3) is 0 Å². The number of rotatable bonds is 6. The molecule has 0 aliphatic heterocycles. The Kier molecular flexibility index (Phi) is 6.54. The van der Waals surface area contributed by atoms with Crippen LogP contribution in [0.4, 0.5) is 11.5 Å². The summed E-state index contributed by atoms with van der Waals surface area (Å²) in [6, 6.07) is 2.18. The van der Waals surface area contributed by atoms with Gasteiger partial charge in [0.15, 0.2) is 40.5 Å². The van der Waals surface area contributed by atoms with Crippen LogP contribution in [0, 0.1) is 23.7 Å². The summed E-state index contributed by atoms with van der Waals surface area (Å²) in [6.45, 7) is 0.0826. The molecular weight excluding hydrogens is 522 g/mol. The molecule has 3 aliphatic carbocycles. The van der Waals surface area contributed by atoms with Gasteiger partial charge >= 0.3 is 0 Å². The molecule has 1 heterocycles. The molecule has 2 aromatic rings. The zero-order valence-electron chi connectivity index (χ0n) is 22.5. The number of aromatic hydroxyl groups is 1. The summed E-state index contributed by atoms with van der Waals surface area (Å²) in [5.74, 6) is -10.3. The van der Waals surface area contributed by atoms with Crippen molar-refractivity contribution in [2.45, 2.75) is 31.0 Å². The summed E-state index contributed by atoms with van der Waals surface area (Å²) in [5, 5.41) is 29.7. The number of nitrogens with zero attached hydrogens (tertiary/aromatic N) is 3. The molecule has 1 amide bonds. The van der Waals surface area contributed by atoms with E-state index >= 15 is 0 Å². The number of benzene rings is 1. The number of primary amides is 1. The summed E-state index contributed by atoms with van der Waals surface area (Å²) in [5.41, 5.74) is 4.08. The second kappa shape index (κ2) is 9.52. The number of hydrogen-bond acceptors (Lipinski definition) is 12. The number of hydrogen-bond donors (Lipinski definition) is 4. The second-order valence-corrected chi connectivity index (χ2v) is 11.2. The number of phenolic OH excluding ortho intramolecular Hbond substituents is 1. The van der Waals surface area contributed by atoms with E-state index in [4.69, 9.17) is 10.3 Å². The van der Waals surface area contributed by atoms with Crippen molar-refractivity contribution in [1.82, 2.24) is 10.1 Å². The van der Waals surface area contributed by atoms with E-state index in [1.54, 1.807) is 45.2 Å². The molecule has 6 atom stereocenters. The van der Waals surface area contributed by atoms with E-state index in [1.165, 1.54) is 11.2 Å². The van der Waals surface area contributed by atoms with E-state index in [-0.39, 0.29) is 30.7 Å². The number of anilines is 2. The van der Waals surface area contributed by atoms with Crippen LogP contribution >= 0.6 is 0 Å². The first-order valence-electron chi connectivity index (χ1n) is 12.8. The predicted molar refractivity (Wildman–Crippen MR) is 140 cm³/mol. The van der Waals surface area contributed by atoms with Crippen molar-refractivity contribution >= 4 is 40.5 Å². The number of aliphatic hydroxyl groups is 1. The van der Waals surface area contributed by atoms with E-state index in [2.05, 4.69) is 10.5 Å². The quantitative estimate of drug-likeness (QED) is 0.336. The number of Topliss-reactive ketones (excluding diaryl/α,β-unsaturated/α-hetero) is 4. The molecule has 1 aromatic heterocycles. The summed E-state index contributed by atoms with van der Waals surface area (Å²) < 4.78 is 4.81. The monoisotopic (exact) mass is 553 g/mol. The smallest absolute Gasteiger partial charge is 0.235 e. The Bertz CT molecular complexity index is 1430. The van der Waals surface area contributed by atoms with Gasteiger partial charge in [-0.2, -0.15) is 0 Å². The predicted octanol–water partition coefficient (Wildman–Crippen LogP) is -0.467. The number of amides is 1. The van der Waals surface area contributed by atoms with Gasteiger partial charge in [-0.25, -0.2) is 0 Å². The largest absolute Gasteiger partial charge is 0.507 e. The molecule has 0 radical (unpaired) electrons. The summed E-state index contributed by atoms with van der Waals surface area (Å²) >= 11 is 0. The van der Waals surface area contributed by atoms with Gasteiger partial charge in [0, 0.05) is 43.9 Å². The maximum absolute atomic E-state index is 14.0. The van der Waals surface area contributed by atoms with Crippen LogP contribution in [0.25, 0.3) is 0 Å². The fourth-order valence-corrected chi connectivity index (χ4v) is 6.73. The molecule has 212 valence electrons. The van der Waals surface area contributed by atoms with Crippen molar-refractivity contribution < 1.29 is 38.7 Å². The summed E-state index contributed by atoms with van der Waals surface area (Å²) in [6.07, 6.45) is 1.55. The van der Waals surface area contributed by atoms with Crippen LogP contribution in [0.2, 0.25) is 0 Å². The zero-order valence-corrected chi connectivity index (χ0v) is 22.5. The van der Waals surface area contributed by atoms with Crippen molar-refractivity contribution in [3.8, 4) is 5.75 Å². The van der Waals surface area contributed by atoms with Crippen molar-refractivity contribution in [2.75, 3.05) is 38.4 Å². The third-order valence-electron chi connectivity index (χ3n) is 8.50. The van der Waals surface area contributed by atoms with Crippen molar-refractivity contribution in [2.24, 2.45) is 29.4 Å². The van der Waals surface area contributed by atoms with Crippen molar-refractivity contribution in [1.29, 1.82) is 0 Å². The molecule has 2 unspecified atom stereocenters. The number of nitrogens with one attached hydrogen (secondary N) is 1. The van der Waals surface area contributed by atoms with Crippen molar-refractivity contribution in [3.63, 3.8) is 0 Å². The van der Waals surface area contributed by atoms with Gasteiger partial charge in [0.2, 0.25) is 5.91 Å². The number of carbonyl (C=O) groups excluding carboxylic acids is 5. The Balaban J connectivity index is 1.61. The normalized spacial score (nSPS) is 29.6. The topological polar surface area (TPSA) is 196 Å². The second-order valence-electron chi connectivity index (χ2n) is 11.2. The van der Waals surface area contributed by atoms with E-state index in [0.717, 1.165) is 0 Å². The number of aromatic nitrogens is 1. The number of likely N-dealkylation sites (N-methyl/N-ethyl adjacent to an activating group) is 1. The molecule has 5 rings (SSSR count). The maximum atomic E-state index is 14.0. The van der Waals surface area contributed by atoms with Gasteiger partial charge in [-0.1, -0.05) is 5.16 Å². The lowest BCUT2D eigenvalue weighted by Gasteiger charge is -2.52. The molecule has 3 aliphatic rings. The third kappa shape index (κ3) is 3.83. The van der Waals surface area contributed by atoms with Crippen LogP contribution in [-0.4, -0.2) is 89.1 Å². The fourth-order valence-electron chi connectivity index (χ4n) is 6.73. The summed E-state index contributed by atoms with van der Waals surface area (Å²) in [4.78, 5) is 70.0. The Labute approximate surface area is 229 Å². The first-order chi connectivity index (χ1) is 18.8. The number of fused-ring (bicyclic) bond motifs is 3. The van der Waals surface area contributed by atoms with Gasteiger partial charge in [0.1, 0.15) is 12.0 Å². The standard InChI is InChI=1S/C27H31N5O8/c1-31(2)15-9-12(10-29-16-5-6-40-30-16)21(33)18-13(15)7-11-8-14-20(32(3)4)23(35)19(26(28)38)25(37)27(14,39)24(36)17(11)22(18)34/h5-6,9,11,14,17,19-20,33,39H,7-8,10H2,1-4H3,(H2,28,38)(H,29,30)/t11-,14-,17?,19?,20+,27-/m0/s1. The molecule has 2 saturated carbocycles. The number of ketones is 4. The highest BCUT2D eigenvalue weighted by Gasteiger charge is 2.69. The van der Waals surface area contributed by atoms with Crippen LogP contribution in [0.15, 0.2) is 22.9 Å². The van der Waals surface area contributed by atoms with Crippen molar-refractivity contribution in [3.05, 3.63) is 35.1 Å². The highest BCUT2D eigenvalue weighted by molar-refractivity contribution is 6.32. The number of carbonyl (C=O) groups is 5. The molecule has 13 heteroatoms. The minimum absolute atomic E-state index is 0.00695. The fraction of sp³-hybridized carbons (Fsp3) is 0.481. The molecule has 2 fully saturated rings. The molecule has 0 saturated heterocycles. The van der Waals surface area contributed by atoms with Gasteiger partial charge in [-0.15, -0.1) is 0 Å². The first-order valence-corrected chi connectivity index (χ1v) is 12.8. The zero-order chi connectivity index (χ0) is 29.3. The SMILES string of the molecule is CN(C)c1cc(CNc2ccon2)c(O)c2c1C[C@H]1C[C@H]3[C@@H](N(C)C)C(=O)C(C(N)=O)C(=O)[C@@]3(O)C(=O)C1C2=O. The highest BCUT2D eigenvalue weighted by atomic mass is 16.5. The Morgan fingerprint density at radius 3 is 2.48 bits per heavy atom. The van der Waals surface area contributed by atoms with E-state index in [9.17, 15) is 34.2 Å². The molecule has 0 bridgehead atoms. The Hall–Kier alpha value is -4.10. The summed E-state index contributed by atoms with van der Waals surface area (Å²) in [7, 11) is 6.66. The van der Waals surface area contributed by atoms with Gasteiger partial charge in [0.05, 0.1) is 17.5 Å². The Morgan fingerprint density at radius 1 is 1.20 bits per heavy atom. The van der Waals surface area contributed by atoms with Crippen LogP contribution in [0.1, 0.15) is 27.9 Å². The minimum Gasteiger partial charge on any atom is -0.507 e. The average molecular weight is 554 g/mol. The molecule has 1 aromatic carbocycles. The third-order valence-corrected chi connectivity index (χ3v) is 8.50. The highest BCUT2D eigenvalue weighted by Crippen LogP contribution is 2.52. The lowest BCUT2D eigenvalue weighted by Crippen LogP contribution is -2.74. The molecule has 13 nitrogen and oxygen atoms in total. The van der Waals surface area contributed by atoms with E-state index in [0.29, 0.717) is 22.6 Å². The van der Waals surface area contributed by atoms with Gasteiger partial charge in [-0.3, -0.25) is 28.9 Å². The van der Waals surface area contributed by atoms with Crippen LogP contribution in [-0.2, 0) is 32.1 Å². The Morgan fingerprint density at radius 2 is 1.90 bits per heavy atom. The van der Waals surface area contributed by atoms with E-state index in [1.807, 2.05) is 0 Å². The van der Waals surface area contributed by atoms with Crippen LogP contribution < -0.4 is 16.0 Å². The number of phenols is 1. The first kappa shape index (κ1) is 27.5. The molecular formula is C27H31N5O8. The lowest BCUT2D eigenvalue weighted by atomic mass is 9.52. The molecule has 5 N–H and O–H groups in total. The lowest BCUT2D eigenvalue weighted by molar-refractivity contribution is -0.181. The van der Waals surface area contributed by atoms with Crippen LogP contribution in [0.5, 0.6) is 5.75 Å². The van der Waals surface area contributed by atoms with E-state index < -0.39 is 64.4 Å². The molecule has 40 heavy (non-hydrogen) atoms. The average Bonchev–Trinajstić information content (AvgIpc) is 3.39. The number of nitrogens with two attached hydrogens (primary N) is 1. The van der Waals surface area contributed by atoms with Crippen LogP contribution in [0.3, 0.4) is 0 Å². The maximum Gasteiger partial charge on any atom is 0.235 e. The van der Waals surface area contributed by atoms with Gasteiger partial charge < -0.3 is 30.7 Å². The molecule has 0 spiro atoms. The minimum atomic E-state index is -2.76. The van der Waals surface area contributed by atoms with Gasteiger partial charge in [-0.05, 0) is 44.5 Å².